The summed E-state index contributed by atoms with van der Waals surface area (Å²) in [5.74, 6) is 0. The molecule has 0 saturated carbocycles. The molecule has 2 aromatic heterocycles. The van der Waals surface area contributed by atoms with Crippen LogP contribution in [0.4, 0.5) is 28.4 Å². The molecule has 0 radical (unpaired) electrons. The van der Waals surface area contributed by atoms with Crippen LogP contribution in [0.3, 0.4) is 0 Å². The molecule has 0 spiro atoms. The van der Waals surface area contributed by atoms with Gasteiger partial charge in [-0.05, 0) is 133 Å². The maximum Gasteiger partial charge on any atom is 0.337 e. The smallest absolute Gasteiger partial charge is 0.337 e. The minimum Gasteiger partial charge on any atom is -0.456 e. The Kier molecular flexibility index (Phi) is 8.40. The monoisotopic (exact) mass is 908 g/mol. The zero-order valence-electron chi connectivity index (χ0n) is 39.6. The Labute approximate surface area is 411 Å². The number of hydrogen-bond donors (Lipinski definition) is 0. The molecule has 15 rings (SSSR count). The predicted molar refractivity (Wildman–Crippen MR) is 299 cm³/mol. The van der Waals surface area contributed by atoms with E-state index in [4.69, 9.17) is 8.83 Å². The van der Waals surface area contributed by atoms with Crippen LogP contribution in [0.1, 0.15) is 26.3 Å². The minimum absolute atomic E-state index is 0.0854. The van der Waals surface area contributed by atoms with Gasteiger partial charge < -0.3 is 18.5 Å². The van der Waals surface area contributed by atoms with Crippen molar-refractivity contribution in [3.63, 3.8) is 0 Å². The van der Waals surface area contributed by atoms with Gasteiger partial charge in [-0.1, -0.05) is 166 Å². The van der Waals surface area contributed by atoms with Gasteiger partial charge in [0.25, 0.3) is 0 Å². The highest BCUT2D eigenvalue weighted by atomic mass is 16.3. The van der Waals surface area contributed by atoms with E-state index in [1.165, 1.54) is 49.4 Å². The third kappa shape index (κ3) is 5.93. The van der Waals surface area contributed by atoms with Gasteiger partial charge in [-0.25, -0.2) is 0 Å². The third-order valence-electron chi connectivity index (χ3n) is 15.3. The normalized spacial score (nSPS) is 13.2. The van der Waals surface area contributed by atoms with Gasteiger partial charge in [-0.2, -0.15) is 0 Å². The van der Waals surface area contributed by atoms with Gasteiger partial charge in [-0.15, -0.1) is 0 Å². The van der Waals surface area contributed by atoms with Crippen molar-refractivity contribution in [1.82, 2.24) is 0 Å². The molecule has 13 aromatic rings. The van der Waals surface area contributed by atoms with Crippen molar-refractivity contribution in [3.05, 3.63) is 224 Å². The molecule has 0 aliphatic carbocycles. The van der Waals surface area contributed by atoms with Crippen LogP contribution in [0.15, 0.2) is 227 Å². The molecular weight excluding hydrogens is 864 g/mol. The van der Waals surface area contributed by atoms with Crippen LogP contribution < -0.4 is 20.6 Å². The lowest BCUT2D eigenvalue weighted by Crippen LogP contribution is -2.61. The Morgan fingerprint density at radius 1 is 0.380 bits per heavy atom. The second-order valence-electron chi connectivity index (χ2n) is 20.4. The number of anilines is 5. The van der Waals surface area contributed by atoms with Gasteiger partial charge in [-0.3, -0.25) is 0 Å². The standard InChI is InChI=1S/C66H45BN2O2/c1-66(2,3)47-28-32-56(51(38-47)42-18-8-5-9-19-42)68-57-33-31-50-53-35-44-21-11-13-23-46(44)37-60(53)71-64(50)62(57)67-61-54(39-55-49-24-14-15-25-59(49)70-65(55)63(61)68)52-34-43-20-10-12-22-45(43)36-58(52)69(67)48-29-26-41(27-30-48)40-16-6-4-7-17-40/h4-39H,1-3H3. The molecule has 2 aliphatic rings. The van der Waals surface area contributed by atoms with Crippen molar-refractivity contribution in [1.29, 1.82) is 0 Å². The topological polar surface area (TPSA) is 32.8 Å². The minimum atomic E-state index is -0.340. The van der Waals surface area contributed by atoms with Gasteiger partial charge in [0.15, 0.2) is 5.58 Å². The number of furan rings is 2. The van der Waals surface area contributed by atoms with Crippen LogP contribution in [-0.4, -0.2) is 6.85 Å². The molecule has 11 aromatic carbocycles. The predicted octanol–water partition coefficient (Wildman–Crippen LogP) is 17.1. The molecule has 0 amide bonds. The maximum absolute atomic E-state index is 7.41. The van der Waals surface area contributed by atoms with E-state index in [0.717, 1.165) is 94.3 Å². The molecule has 0 atom stereocenters. The summed E-state index contributed by atoms with van der Waals surface area (Å²) in [5, 5.41) is 9.10. The number of nitrogens with zero attached hydrogens (tertiary/aromatic N) is 2. The summed E-state index contributed by atoms with van der Waals surface area (Å²) in [5.41, 5.74) is 19.4. The van der Waals surface area contributed by atoms with Gasteiger partial charge in [0.2, 0.25) is 0 Å². The van der Waals surface area contributed by atoms with E-state index in [0.29, 0.717) is 0 Å². The lowest BCUT2D eigenvalue weighted by atomic mass is 9.43. The first-order valence-corrected chi connectivity index (χ1v) is 24.7. The number of rotatable bonds is 4. The largest absolute Gasteiger partial charge is 0.456 e. The molecule has 0 fully saturated rings. The summed E-state index contributed by atoms with van der Waals surface area (Å²) in [6, 6.07) is 80.1. The van der Waals surface area contributed by atoms with Crippen LogP contribution in [0.25, 0.3) is 98.8 Å². The first kappa shape index (κ1) is 40.1. The Morgan fingerprint density at radius 2 is 1.00 bits per heavy atom. The van der Waals surface area contributed by atoms with Crippen molar-refractivity contribution in [2.75, 3.05) is 9.71 Å². The molecule has 71 heavy (non-hydrogen) atoms. The van der Waals surface area contributed by atoms with Crippen LogP contribution in [0, 0.1) is 0 Å². The molecule has 334 valence electrons. The summed E-state index contributed by atoms with van der Waals surface area (Å²) in [6.07, 6.45) is 0. The Balaban J connectivity index is 1.13. The average Bonchev–Trinajstić information content (AvgIpc) is 3.98. The zero-order chi connectivity index (χ0) is 47.1. The molecular formula is C66H45BN2O2. The number of hydrogen-bond acceptors (Lipinski definition) is 4. The van der Waals surface area contributed by atoms with E-state index >= 15 is 0 Å². The third-order valence-corrected chi connectivity index (χ3v) is 15.3. The van der Waals surface area contributed by atoms with Gasteiger partial charge in [0.05, 0.1) is 11.4 Å². The first-order chi connectivity index (χ1) is 34.8. The van der Waals surface area contributed by atoms with Crippen LogP contribution in [0.5, 0.6) is 0 Å². The lowest BCUT2D eigenvalue weighted by molar-refractivity contribution is 0.590. The number of fused-ring (bicyclic) bond motifs is 14. The fourth-order valence-electron chi connectivity index (χ4n) is 11.9. The Morgan fingerprint density at radius 3 is 1.75 bits per heavy atom. The summed E-state index contributed by atoms with van der Waals surface area (Å²) in [4.78, 5) is 5.12. The molecule has 4 nitrogen and oxygen atoms in total. The van der Waals surface area contributed by atoms with Crippen molar-refractivity contribution in [2.24, 2.45) is 0 Å². The number of benzene rings is 11. The van der Waals surface area contributed by atoms with Crippen molar-refractivity contribution in [2.45, 2.75) is 26.2 Å². The summed E-state index contributed by atoms with van der Waals surface area (Å²) < 4.78 is 14.7. The van der Waals surface area contributed by atoms with E-state index in [1.54, 1.807) is 0 Å². The van der Waals surface area contributed by atoms with E-state index in [-0.39, 0.29) is 12.3 Å². The van der Waals surface area contributed by atoms with Crippen LogP contribution in [0.2, 0.25) is 0 Å². The highest BCUT2D eigenvalue weighted by molar-refractivity contribution is 6.95. The highest BCUT2D eigenvalue weighted by Gasteiger charge is 2.49. The summed E-state index contributed by atoms with van der Waals surface area (Å²) in [6.45, 7) is 6.56. The molecule has 0 bridgehead atoms. The SMILES string of the molecule is CC(C)(C)c1ccc(N2c3ccc4c(oc5cc6ccccc6cc54)c3B3c4c(cc5c(oc6ccccc65)c42)-c2cc4ccccc4cc2N3c2ccc(-c3ccccc3)cc2)c(-c2ccccc2)c1. The molecule has 0 N–H and O–H groups in total. The fourth-order valence-corrected chi connectivity index (χ4v) is 11.9. The quantitative estimate of drug-likeness (QED) is 0.165. The average molecular weight is 909 g/mol. The molecule has 4 heterocycles. The Hall–Kier alpha value is -8.80. The van der Waals surface area contributed by atoms with E-state index in [9.17, 15) is 0 Å². The van der Waals surface area contributed by atoms with E-state index in [1.807, 2.05) is 0 Å². The summed E-state index contributed by atoms with van der Waals surface area (Å²) in [7, 11) is 0. The lowest BCUT2D eigenvalue weighted by Gasteiger charge is -2.46. The molecule has 0 saturated heterocycles. The van der Waals surface area contributed by atoms with Crippen LogP contribution >= 0.6 is 0 Å². The first-order valence-electron chi connectivity index (χ1n) is 24.7. The molecule has 0 unspecified atom stereocenters. The van der Waals surface area contributed by atoms with E-state index < -0.39 is 0 Å². The van der Waals surface area contributed by atoms with Gasteiger partial charge in [0, 0.05) is 55.2 Å². The maximum atomic E-state index is 7.41. The van der Waals surface area contributed by atoms with E-state index in [2.05, 4.69) is 249 Å². The van der Waals surface area contributed by atoms with Gasteiger partial charge in [0.1, 0.15) is 16.7 Å². The zero-order valence-corrected chi connectivity index (χ0v) is 39.6. The van der Waals surface area contributed by atoms with Crippen molar-refractivity contribution in [3.8, 4) is 33.4 Å². The Bertz CT molecular complexity index is 4340. The highest BCUT2D eigenvalue weighted by Crippen LogP contribution is 2.54. The van der Waals surface area contributed by atoms with Gasteiger partial charge >= 0.3 is 6.85 Å². The second kappa shape index (κ2) is 14.9. The summed E-state index contributed by atoms with van der Waals surface area (Å²) >= 11 is 0. The fraction of sp³-hybridized carbons (Fsp3) is 0.0606. The van der Waals surface area contributed by atoms with Crippen molar-refractivity contribution >= 4 is 112 Å². The van der Waals surface area contributed by atoms with Crippen LogP contribution in [-0.2, 0) is 5.41 Å². The molecule has 5 heteroatoms. The van der Waals surface area contributed by atoms with Crippen molar-refractivity contribution < 1.29 is 8.83 Å². The second-order valence-corrected chi connectivity index (χ2v) is 20.4. The molecule has 2 aliphatic heterocycles. The number of para-hydroxylation sites is 1.